The number of hydrogen-bond acceptors (Lipinski definition) is 5. The molecule has 2 heterocycles. The summed E-state index contributed by atoms with van der Waals surface area (Å²) < 4.78 is 0. The van der Waals surface area contributed by atoms with Gasteiger partial charge < -0.3 is 16.0 Å². The SMILES string of the molecule is Nc1ccccc1NC(=O)c1ccc(CSc2nc3ccncc3[nH]2)cc1. The Morgan fingerprint density at radius 2 is 1.93 bits per heavy atom. The van der Waals surface area contributed by atoms with Crippen LogP contribution >= 0.6 is 11.8 Å². The number of fused-ring (bicyclic) bond motifs is 1. The van der Waals surface area contributed by atoms with Crippen molar-refractivity contribution in [1.82, 2.24) is 15.0 Å². The molecule has 134 valence electrons. The molecule has 0 saturated heterocycles. The lowest BCUT2D eigenvalue weighted by molar-refractivity contribution is 0.102. The fraction of sp³-hybridized carbons (Fsp3) is 0.0500. The van der Waals surface area contributed by atoms with E-state index in [1.54, 1.807) is 36.3 Å². The number of anilines is 2. The summed E-state index contributed by atoms with van der Waals surface area (Å²) in [5, 5.41) is 3.68. The minimum Gasteiger partial charge on any atom is -0.397 e. The van der Waals surface area contributed by atoms with E-state index in [4.69, 9.17) is 5.73 Å². The second-order valence-electron chi connectivity index (χ2n) is 5.96. The Balaban J connectivity index is 1.39. The minimum atomic E-state index is -0.183. The van der Waals surface area contributed by atoms with Crippen molar-refractivity contribution in [3.63, 3.8) is 0 Å². The first-order valence-electron chi connectivity index (χ1n) is 8.36. The maximum atomic E-state index is 12.4. The van der Waals surface area contributed by atoms with Gasteiger partial charge in [0.2, 0.25) is 0 Å². The lowest BCUT2D eigenvalue weighted by Gasteiger charge is -2.08. The Hall–Kier alpha value is -3.32. The summed E-state index contributed by atoms with van der Waals surface area (Å²) in [6.07, 6.45) is 3.49. The zero-order chi connectivity index (χ0) is 18.6. The molecular weight excluding hydrogens is 358 g/mol. The first kappa shape index (κ1) is 17.1. The summed E-state index contributed by atoms with van der Waals surface area (Å²) in [4.78, 5) is 24.2. The quantitative estimate of drug-likeness (QED) is 0.361. The molecule has 0 saturated carbocycles. The molecule has 0 bridgehead atoms. The summed E-state index contributed by atoms with van der Waals surface area (Å²) in [6, 6.07) is 16.6. The van der Waals surface area contributed by atoms with Gasteiger partial charge in [-0.1, -0.05) is 36.0 Å². The summed E-state index contributed by atoms with van der Waals surface area (Å²) in [5.41, 5.74) is 10.5. The number of thioether (sulfide) groups is 1. The van der Waals surface area contributed by atoms with Crippen LogP contribution in [0.2, 0.25) is 0 Å². The fourth-order valence-electron chi connectivity index (χ4n) is 2.61. The molecule has 4 rings (SSSR count). The fourth-order valence-corrected chi connectivity index (χ4v) is 3.45. The predicted octanol–water partition coefficient (Wildman–Crippen LogP) is 4.08. The van der Waals surface area contributed by atoms with Gasteiger partial charge in [0.15, 0.2) is 5.16 Å². The van der Waals surface area contributed by atoms with Gasteiger partial charge in [0.1, 0.15) is 0 Å². The van der Waals surface area contributed by atoms with Gasteiger partial charge in [0.05, 0.1) is 28.6 Å². The number of rotatable bonds is 5. The van der Waals surface area contributed by atoms with E-state index in [1.165, 1.54) is 0 Å². The van der Waals surface area contributed by atoms with Gasteiger partial charge >= 0.3 is 0 Å². The topological polar surface area (TPSA) is 96.7 Å². The monoisotopic (exact) mass is 375 g/mol. The van der Waals surface area contributed by atoms with Crippen LogP contribution in [0.25, 0.3) is 11.0 Å². The van der Waals surface area contributed by atoms with Gasteiger partial charge in [-0.25, -0.2) is 4.98 Å². The van der Waals surface area contributed by atoms with Gasteiger partial charge in [-0.2, -0.15) is 0 Å². The number of imidazole rings is 1. The van der Waals surface area contributed by atoms with Crippen LogP contribution in [0.3, 0.4) is 0 Å². The highest BCUT2D eigenvalue weighted by atomic mass is 32.2. The normalized spacial score (nSPS) is 10.8. The van der Waals surface area contributed by atoms with E-state index < -0.39 is 0 Å². The predicted molar refractivity (Wildman–Crippen MR) is 109 cm³/mol. The summed E-state index contributed by atoms with van der Waals surface area (Å²) in [6.45, 7) is 0. The van der Waals surface area contributed by atoms with E-state index in [-0.39, 0.29) is 5.91 Å². The van der Waals surface area contributed by atoms with Crippen molar-refractivity contribution >= 4 is 40.1 Å². The molecule has 0 spiro atoms. The third-order valence-electron chi connectivity index (χ3n) is 4.06. The van der Waals surface area contributed by atoms with Crippen LogP contribution in [0.5, 0.6) is 0 Å². The van der Waals surface area contributed by atoms with Gasteiger partial charge in [0, 0.05) is 17.5 Å². The number of hydrogen-bond donors (Lipinski definition) is 3. The molecule has 4 N–H and O–H groups in total. The smallest absolute Gasteiger partial charge is 0.255 e. The zero-order valence-electron chi connectivity index (χ0n) is 14.3. The number of nitrogen functional groups attached to an aromatic ring is 1. The lowest BCUT2D eigenvalue weighted by Crippen LogP contribution is -2.13. The maximum absolute atomic E-state index is 12.4. The Morgan fingerprint density at radius 1 is 1.11 bits per heavy atom. The second-order valence-corrected chi connectivity index (χ2v) is 6.93. The van der Waals surface area contributed by atoms with Crippen molar-refractivity contribution in [2.45, 2.75) is 10.9 Å². The number of amides is 1. The van der Waals surface area contributed by atoms with Crippen molar-refractivity contribution < 1.29 is 4.79 Å². The maximum Gasteiger partial charge on any atom is 0.255 e. The highest BCUT2D eigenvalue weighted by Gasteiger charge is 2.08. The molecule has 6 nitrogen and oxygen atoms in total. The summed E-state index contributed by atoms with van der Waals surface area (Å²) in [7, 11) is 0. The molecule has 2 aromatic heterocycles. The lowest BCUT2D eigenvalue weighted by atomic mass is 10.1. The van der Waals surface area contributed by atoms with E-state index in [0.717, 1.165) is 27.5 Å². The molecule has 0 fully saturated rings. The number of para-hydroxylation sites is 2. The van der Waals surface area contributed by atoms with Crippen LogP contribution in [0.15, 0.2) is 72.1 Å². The molecule has 0 aliphatic carbocycles. The molecule has 4 aromatic rings. The van der Waals surface area contributed by atoms with E-state index in [1.807, 2.05) is 42.5 Å². The Kier molecular flexibility index (Phi) is 4.76. The highest BCUT2D eigenvalue weighted by Crippen LogP contribution is 2.23. The number of aromatic amines is 1. The standard InChI is InChI=1S/C20H17N5OS/c21-15-3-1-2-4-16(15)23-19(26)14-7-5-13(6-8-14)12-27-20-24-17-9-10-22-11-18(17)25-20/h1-11H,12,21H2,(H,23,26)(H,24,25). The number of aromatic nitrogens is 3. The van der Waals surface area contributed by atoms with Gasteiger partial charge in [-0.3, -0.25) is 9.78 Å². The number of nitrogens with zero attached hydrogens (tertiary/aromatic N) is 2. The number of benzene rings is 2. The van der Waals surface area contributed by atoms with Crippen LogP contribution in [0.4, 0.5) is 11.4 Å². The third-order valence-corrected chi connectivity index (χ3v) is 5.01. The van der Waals surface area contributed by atoms with Crippen molar-refractivity contribution in [2.75, 3.05) is 11.1 Å². The molecule has 0 radical (unpaired) electrons. The van der Waals surface area contributed by atoms with Gasteiger partial charge in [-0.05, 0) is 35.9 Å². The van der Waals surface area contributed by atoms with E-state index >= 15 is 0 Å². The van der Waals surface area contributed by atoms with E-state index in [9.17, 15) is 4.79 Å². The Bertz CT molecular complexity index is 1060. The second kappa shape index (κ2) is 7.51. The van der Waals surface area contributed by atoms with Gasteiger partial charge in [0.25, 0.3) is 5.91 Å². The molecule has 2 aromatic carbocycles. The minimum absolute atomic E-state index is 0.183. The van der Waals surface area contributed by atoms with Crippen LogP contribution in [-0.2, 0) is 5.75 Å². The number of carbonyl (C=O) groups is 1. The number of nitrogens with one attached hydrogen (secondary N) is 2. The number of nitrogens with two attached hydrogens (primary N) is 1. The van der Waals surface area contributed by atoms with Crippen LogP contribution in [-0.4, -0.2) is 20.9 Å². The number of pyridine rings is 1. The first-order valence-corrected chi connectivity index (χ1v) is 9.35. The highest BCUT2D eigenvalue weighted by molar-refractivity contribution is 7.98. The Labute approximate surface area is 160 Å². The average molecular weight is 375 g/mol. The van der Waals surface area contributed by atoms with E-state index in [2.05, 4.69) is 20.3 Å². The average Bonchev–Trinajstić information content (AvgIpc) is 3.11. The molecule has 0 atom stereocenters. The molecule has 1 amide bonds. The van der Waals surface area contributed by atoms with Crippen LogP contribution in [0, 0.1) is 0 Å². The summed E-state index contributed by atoms with van der Waals surface area (Å²) >= 11 is 1.61. The molecule has 27 heavy (non-hydrogen) atoms. The first-order chi connectivity index (χ1) is 13.2. The van der Waals surface area contributed by atoms with Gasteiger partial charge in [-0.15, -0.1) is 0 Å². The van der Waals surface area contributed by atoms with Crippen LogP contribution in [0.1, 0.15) is 15.9 Å². The number of carbonyl (C=O) groups excluding carboxylic acids is 1. The van der Waals surface area contributed by atoms with E-state index in [0.29, 0.717) is 16.9 Å². The molecular formula is C20H17N5OS. The van der Waals surface area contributed by atoms with Crippen molar-refractivity contribution in [1.29, 1.82) is 0 Å². The molecule has 7 heteroatoms. The largest absolute Gasteiger partial charge is 0.397 e. The number of H-pyrrole nitrogens is 1. The zero-order valence-corrected chi connectivity index (χ0v) is 15.2. The van der Waals surface area contributed by atoms with Crippen molar-refractivity contribution in [3.8, 4) is 0 Å². The molecule has 0 aliphatic heterocycles. The third kappa shape index (κ3) is 3.93. The van der Waals surface area contributed by atoms with Crippen molar-refractivity contribution in [3.05, 3.63) is 78.1 Å². The molecule has 0 unspecified atom stereocenters. The van der Waals surface area contributed by atoms with Crippen LogP contribution < -0.4 is 11.1 Å². The Morgan fingerprint density at radius 3 is 2.70 bits per heavy atom. The van der Waals surface area contributed by atoms with Crippen molar-refractivity contribution in [2.24, 2.45) is 0 Å². The molecule has 0 aliphatic rings. The summed E-state index contributed by atoms with van der Waals surface area (Å²) in [5.74, 6) is 0.567.